The maximum atomic E-state index is 4.70. The molecule has 108 valence electrons. The Kier molecular flexibility index (Phi) is 6.28. The normalized spacial score (nSPS) is 20.1. The van der Waals surface area contributed by atoms with Gasteiger partial charge in [-0.1, -0.05) is 20.3 Å². The topological polar surface area (TPSA) is 28.2 Å². The summed E-state index contributed by atoms with van der Waals surface area (Å²) in [5.41, 5.74) is 1.26. The van der Waals surface area contributed by atoms with Crippen LogP contribution in [0.2, 0.25) is 0 Å². The van der Waals surface area contributed by atoms with E-state index in [1.807, 2.05) is 0 Å². The first kappa shape index (κ1) is 14.9. The third kappa shape index (κ3) is 4.86. The zero-order valence-corrected chi connectivity index (χ0v) is 13.1. The van der Waals surface area contributed by atoms with E-state index in [4.69, 9.17) is 4.98 Å². The number of aromatic nitrogens is 1. The Hall–Kier alpha value is -0.450. The fourth-order valence-electron chi connectivity index (χ4n) is 2.76. The van der Waals surface area contributed by atoms with Gasteiger partial charge in [-0.15, -0.1) is 11.3 Å². The number of nitrogens with one attached hydrogen (secondary N) is 1. The molecular weight excluding hydrogens is 254 g/mol. The van der Waals surface area contributed by atoms with E-state index >= 15 is 0 Å². The van der Waals surface area contributed by atoms with Crippen molar-refractivity contribution in [2.45, 2.75) is 58.5 Å². The molecule has 0 aliphatic carbocycles. The van der Waals surface area contributed by atoms with Gasteiger partial charge in [0, 0.05) is 24.5 Å². The van der Waals surface area contributed by atoms with Gasteiger partial charge in [-0.3, -0.25) is 4.90 Å². The summed E-state index contributed by atoms with van der Waals surface area (Å²) in [6, 6.07) is 0.685. The Morgan fingerprint density at radius 3 is 2.95 bits per heavy atom. The van der Waals surface area contributed by atoms with Crippen LogP contribution in [0.4, 0.5) is 0 Å². The number of thiazole rings is 1. The van der Waals surface area contributed by atoms with Crippen LogP contribution in [-0.4, -0.2) is 35.6 Å². The molecule has 0 saturated carbocycles. The minimum Gasteiger partial charge on any atom is -0.313 e. The van der Waals surface area contributed by atoms with Crippen LogP contribution < -0.4 is 5.32 Å². The fraction of sp³-hybridized carbons (Fsp3) is 0.800. The van der Waals surface area contributed by atoms with Crippen LogP contribution in [0.1, 0.15) is 50.2 Å². The van der Waals surface area contributed by atoms with E-state index in [2.05, 4.69) is 29.4 Å². The number of piperidine rings is 1. The van der Waals surface area contributed by atoms with Gasteiger partial charge in [0.2, 0.25) is 0 Å². The van der Waals surface area contributed by atoms with Crippen molar-refractivity contribution >= 4 is 11.3 Å². The van der Waals surface area contributed by atoms with E-state index in [0.29, 0.717) is 6.04 Å². The monoisotopic (exact) mass is 281 g/mol. The Labute approximate surface area is 121 Å². The Morgan fingerprint density at radius 2 is 2.32 bits per heavy atom. The van der Waals surface area contributed by atoms with Gasteiger partial charge in [0.05, 0.1) is 10.7 Å². The Balaban J connectivity index is 1.87. The standard InChI is InChI=1S/C15H27N3S/c1-3-9-18(10-13-7-5-6-8-16-13)11-14-12-19-15(4-2)17-14/h12-13,16H,3-11H2,1-2H3. The number of hydrogen-bond acceptors (Lipinski definition) is 4. The largest absolute Gasteiger partial charge is 0.313 e. The second kappa shape index (κ2) is 7.98. The summed E-state index contributed by atoms with van der Waals surface area (Å²) in [5.74, 6) is 0. The first-order chi connectivity index (χ1) is 9.31. The molecule has 2 rings (SSSR count). The molecule has 0 bridgehead atoms. The van der Waals surface area contributed by atoms with Gasteiger partial charge < -0.3 is 5.32 Å². The van der Waals surface area contributed by atoms with Gasteiger partial charge >= 0.3 is 0 Å². The summed E-state index contributed by atoms with van der Waals surface area (Å²) in [7, 11) is 0. The van der Waals surface area contributed by atoms with E-state index in [-0.39, 0.29) is 0 Å². The molecule has 1 saturated heterocycles. The van der Waals surface area contributed by atoms with Crippen molar-refractivity contribution in [3.05, 3.63) is 16.1 Å². The van der Waals surface area contributed by atoms with Crippen molar-refractivity contribution in [3.8, 4) is 0 Å². The molecule has 3 nitrogen and oxygen atoms in total. The highest BCUT2D eigenvalue weighted by atomic mass is 32.1. The molecule has 0 amide bonds. The van der Waals surface area contributed by atoms with Crippen molar-refractivity contribution in [2.75, 3.05) is 19.6 Å². The van der Waals surface area contributed by atoms with E-state index in [1.54, 1.807) is 11.3 Å². The van der Waals surface area contributed by atoms with Crippen LogP contribution in [0.25, 0.3) is 0 Å². The minimum absolute atomic E-state index is 0.685. The molecule has 2 heterocycles. The van der Waals surface area contributed by atoms with Crippen LogP contribution in [0.5, 0.6) is 0 Å². The molecule has 1 fully saturated rings. The van der Waals surface area contributed by atoms with E-state index < -0.39 is 0 Å². The van der Waals surface area contributed by atoms with Crippen molar-refractivity contribution in [3.63, 3.8) is 0 Å². The minimum atomic E-state index is 0.685. The molecule has 1 aromatic rings. The second-order valence-electron chi connectivity index (χ2n) is 5.47. The lowest BCUT2D eigenvalue weighted by molar-refractivity contribution is 0.215. The van der Waals surface area contributed by atoms with Gasteiger partial charge in [0.25, 0.3) is 0 Å². The van der Waals surface area contributed by atoms with Crippen molar-refractivity contribution in [2.24, 2.45) is 0 Å². The lowest BCUT2D eigenvalue weighted by Crippen LogP contribution is -2.43. The third-order valence-electron chi connectivity index (χ3n) is 3.72. The van der Waals surface area contributed by atoms with Gasteiger partial charge in [0.1, 0.15) is 0 Å². The average molecular weight is 281 g/mol. The van der Waals surface area contributed by atoms with E-state index in [0.717, 1.165) is 13.0 Å². The summed E-state index contributed by atoms with van der Waals surface area (Å²) in [6.45, 7) is 9.01. The van der Waals surface area contributed by atoms with Crippen LogP contribution in [0.15, 0.2) is 5.38 Å². The molecule has 0 aromatic carbocycles. The maximum absolute atomic E-state index is 4.70. The molecule has 1 unspecified atom stereocenters. The zero-order chi connectivity index (χ0) is 13.5. The number of hydrogen-bond donors (Lipinski definition) is 1. The molecule has 0 spiro atoms. The first-order valence-corrected chi connectivity index (χ1v) is 8.58. The summed E-state index contributed by atoms with van der Waals surface area (Å²) < 4.78 is 0. The Bertz CT molecular complexity index is 358. The fourth-order valence-corrected chi connectivity index (χ4v) is 3.49. The molecule has 1 aromatic heterocycles. The molecule has 1 aliphatic heterocycles. The summed E-state index contributed by atoms with van der Waals surface area (Å²) in [5, 5.41) is 7.15. The lowest BCUT2D eigenvalue weighted by Gasteiger charge is -2.30. The summed E-state index contributed by atoms with van der Waals surface area (Å²) >= 11 is 1.80. The third-order valence-corrected chi connectivity index (χ3v) is 4.76. The molecule has 0 radical (unpaired) electrons. The molecule has 1 aliphatic rings. The number of nitrogens with zero attached hydrogens (tertiary/aromatic N) is 2. The van der Waals surface area contributed by atoms with Crippen LogP contribution >= 0.6 is 11.3 Å². The lowest BCUT2D eigenvalue weighted by atomic mass is 10.0. The average Bonchev–Trinajstić information content (AvgIpc) is 2.88. The molecule has 1 atom stereocenters. The Morgan fingerprint density at radius 1 is 1.42 bits per heavy atom. The number of aryl methyl sites for hydroxylation is 1. The number of rotatable bonds is 7. The summed E-state index contributed by atoms with van der Waals surface area (Å²) in [6.07, 6.45) is 6.34. The molecule has 19 heavy (non-hydrogen) atoms. The van der Waals surface area contributed by atoms with Crippen LogP contribution in [0, 0.1) is 0 Å². The predicted molar refractivity (Wildman–Crippen MR) is 82.7 cm³/mol. The van der Waals surface area contributed by atoms with Crippen LogP contribution in [0.3, 0.4) is 0 Å². The second-order valence-corrected chi connectivity index (χ2v) is 6.41. The van der Waals surface area contributed by atoms with E-state index in [9.17, 15) is 0 Å². The van der Waals surface area contributed by atoms with E-state index in [1.165, 1.54) is 56.0 Å². The quantitative estimate of drug-likeness (QED) is 0.832. The smallest absolute Gasteiger partial charge is 0.0926 e. The van der Waals surface area contributed by atoms with Gasteiger partial charge in [-0.25, -0.2) is 4.98 Å². The van der Waals surface area contributed by atoms with Crippen molar-refractivity contribution in [1.29, 1.82) is 0 Å². The predicted octanol–water partition coefficient (Wildman–Crippen LogP) is 3.06. The molecular formula is C15H27N3S. The van der Waals surface area contributed by atoms with Crippen molar-refractivity contribution < 1.29 is 0 Å². The highest BCUT2D eigenvalue weighted by Crippen LogP contribution is 2.14. The maximum Gasteiger partial charge on any atom is 0.0926 e. The highest BCUT2D eigenvalue weighted by molar-refractivity contribution is 7.09. The first-order valence-electron chi connectivity index (χ1n) is 7.70. The van der Waals surface area contributed by atoms with Crippen LogP contribution in [-0.2, 0) is 13.0 Å². The summed E-state index contributed by atoms with van der Waals surface area (Å²) in [4.78, 5) is 7.27. The SMILES string of the molecule is CCCN(Cc1csc(CC)n1)CC1CCCCN1. The van der Waals surface area contributed by atoms with Gasteiger partial charge in [-0.05, 0) is 38.8 Å². The molecule has 4 heteroatoms. The van der Waals surface area contributed by atoms with Gasteiger partial charge in [0.15, 0.2) is 0 Å². The van der Waals surface area contributed by atoms with Gasteiger partial charge in [-0.2, -0.15) is 0 Å². The zero-order valence-electron chi connectivity index (χ0n) is 12.3. The van der Waals surface area contributed by atoms with Crippen molar-refractivity contribution in [1.82, 2.24) is 15.2 Å². The highest BCUT2D eigenvalue weighted by Gasteiger charge is 2.17. The molecule has 1 N–H and O–H groups in total.